The molecule has 1 heterocycles. The van der Waals surface area contributed by atoms with Crippen LogP contribution in [0, 0.1) is 5.82 Å². The highest BCUT2D eigenvalue weighted by Crippen LogP contribution is 2.10. The van der Waals surface area contributed by atoms with Gasteiger partial charge in [-0.1, -0.05) is 12.1 Å². The summed E-state index contributed by atoms with van der Waals surface area (Å²) in [5, 5.41) is 8.85. The Balaban J connectivity index is 1.98. The van der Waals surface area contributed by atoms with Crippen LogP contribution in [0.1, 0.15) is 5.56 Å². The second-order valence-corrected chi connectivity index (χ2v) is 4.34. The van der Waals surface area contributed by atoms with Crippen molar-refractivity contribution in [2.24, 2.45) is 0 Å². The minimum absolute atomic E-state index is 0.0312. The normalized spacial score (nSPS) is 19.2. The van der Waals surface area contributed by atoms with Crippen molar-refractivity contribution in [2.45, 2.75) is 12.5 Å². The summed E-state index contributed by atoms with van der Waals surface area (Å²) < 4.78 is 18.0. The molecule has 1 amide bonds. The molecule has 0 bridgehead atoms. The number of rotatable bonds is 3. The summed E-state index contributed by atoms with van der Waals surface area (Å²) >= 11 is 0. The maximum Gasteiger partial charge on any atom is 0.334 e. The van der Waals surface area contributed by atoms with E-state index in [9.17, 15) is 14.0 Å². The molecule has 0 unspecified atom stereocenters. The Kier molecular flexibility index (Phi) is 4.11. The fourth-order valence-corrected chi connectivity index (χ4v) is 1.96. The van der Waals surface area contributed by atoms with Crippen molar-refractivity contribution in [1.29, 1.82) is 0 Å². The Labute approximate surface area is 109 Å². The first-order valence-corrected chi connectivity index (χ1v) is 5.93. The van der Waals surface area contributed by atoms with E-state index in [2.05, 4.69) is 0 Å². The second kappa shape index (κ2) is 5.79. The standard InChI is InChI=1S/C13H14FNO4/c14-10-3-1-2-9(6-10)7-12(16)15-4-5-19-11(8-15)13(17)18/h1-3,6,11H,4-5,7-8H2,(H,17,18)/t11-/m0/s1. The third kappa shape index (κ3) is 3.51. The minimum Gasteiger partial charge on any atom is -0.479 e. The topological polar surface area (TPSA) is 66.8 Å². The predicted octanol–water partition coefficient (Wildman–Crippen LogP) is 0.680. The Morgan fingerprint density at radius 1 is 1.47 bits per heavy atom. The quantitative estimate of drug-likeness (QED) is 0.874. The molecule has 6 heteroatoms. The molecule has 102 valence electrons. The largest absolute Gasteiger partial charge is 0.479 e. The summed E-state index contributed by atoms with van der Waals surface area (Å²) in [7, 11) is 0. The van der Waals surface area contributed by atoms with E-state index in [0.717, 1.165) is 0 Å². The van der Waals surface area contributed by atoms with Crippen LogP contribution in [0.15, 0.2) is 24.3 Å². The molecule has 1 aromatic carbocycles. The van der Waals surface area contributed by atoms with Crippen LogP contribution in [0.4, 0.5) is 4.39 Å². The lowest BCUT2D eigenvalue weighted by Crippen LogP contribution is -2.49. The van der Waals surface area contributed by atoms with Gasteiger partial charge in [-0.3, -0.25) is 4.79 Å². The van der Waals surface area contributed by atoms with Crippen LogP contribution in [0.2, 0.25) is 0 Å². The van der Waals surface area contributed by atoms with Crippen LogP contribution in [-0.4, -0.2) is 47.7 Å². The molecule has 1 saturated heterocycles. The molecule has 0 aliphatic carbocycles. The van der Waals surface area contributed by atoms with Crippen LogP contribution in [-0.2, 0) is 20.7 Å². The van der Waals surface area contributed by atoms with Gasteiger partial charge in [0.15, 0.2) is 6.10 Å². The van der Waals surface area contributed by atoms with Crippen LogP contribution >= 0.6 is 0 Å². The van der Waals surface area contributed by atoms with E-state index in [1.807, 2.05) is 0 Å². The van der Waals surface area contributed by atoms with Crippen LogP contribution in [0.3, 0.4) is 0 Å². The molecule has 0 spiro atoms. The van der Waals surface area contributed by atoms with Crippen molar-refractivity contribution >= 4 is 11.9 Å². The van der Waals surface area contributed by atoms with Gasteiger partial charge in [0.25, 0.3) is 0 Å². The summed E-state index contributed by atoms with van der Waals surface area (Å²) in [6.07, 6.45) is -0.922. The van der Waals surface area contributed by atoms with E-state index in [4.69, 9.17) is 9.84 Å². The molecule has 0 aromatic heterocycles. The fraction of sp³-hybridized carbons (Fsp3) is 0.385. The molecule has 0 saturated carbocycles. The van der Waals surface area contributed by atoms with Crippen molar-refractivity contribution in [2.75, 3.05) is 19.7 Å². The number of aliphatic carboxylic acids is 1. The lowest BCUT2D eigenvalue weighted by Gasteiger charge is -2.31. The molecule has 5 nitrogen and oxygen atoms in total. The van der Waals surface area contributed by atoms with Gasteiger partial charge in [-0.05, 0) is 17.7 Å². The monoisotopic (exact) mass is 267 g/mol. The van der Waals surface area contributed by atoms with Gasteiger partial charge in [0.2, 0.25) is 5.91 Å². The maximum atomic E-state index is 13.0. The summed E-state index contributed by atoms with van der Waals surface area (Å²) in [5.74, 6) is -1.70. The number of carbonyl (C=O) groups excluding carboxylic acids is 1. The Morgan fingerprint density at radius 2 is 2.26 bits per heavy atom. The van der Waals surface area contributed by atoms with Crippen molar-refractivity contribution in [3.8, 4) is 0 Å². The van der Waals surface area contributed by atoms with Crippen LogP contribution < -0.4 is 0 Å². The number of carboxylic acids is 1. The van der Waals surface area contributed by atoms with Crippen molar-refractivity contribution in [3.63, 3.8) is 0 Å². The Hall–Kier alpha value is -1.95. The van der Waals surface area contributed by atoms with E-state index in [-0.39, 0.29) is 25.5 Å². The summed E-state index contributed by atoms with van der Waals surface area (Å²) in [6, 6.07) is 5.81. The number of ether oxygens (including phenoxy) is 1. The minimum atomic E-state index is -1.08. The predicted molar refractivity (Wildman–Crippen MR) is 64.1 cm³/mol. The van der Waals surface area contributed by atoms with Crippen molar-refractivity contribution < 1.29 is 23.8 Å². The lowest BCUT2D eigenvalue weighted by molar-refractivity contribution is -0.159. The summed E-state index contributed by atoms with van der Waals surface area (Å²) in [6.45, 7) is 0.591. The molecule has 1 fully saturated rings. The third-order valence-corrected chi connectivity index (χ3v) is 2.94. The number of carboxylic acid groups (broad SMARTS) is 1. The number of carbonyl (C=O) groups is 2. The first kappa shape index (κ1) is 13.5. The smallest absolute Gasteiger partial charge is 0.334 e. The number of hydrogen-bond donors (Lipinski definition) is 1. The summed E-state index contributed by atoms with van der Waals surface area (Å²) in [5.41, 5.74) is 0.573. The molecule has 1 N–H and O–H groups in total. The van der Waals surface area contributed by atoms with Gasteiger partial charge in [0.05, 0.1) is 19.6 Å². The van der Waals surface area contributed by atoms with Gasteiger partial charge >= 0.3 is 5.97 Å². The zero-order chi connectivity index (χ0) is 13.8. The molecule has 19 heavy (non-hydrogen) atoms. The van der Waals surface area contributed by atoms with E-state index in [1.165, 1.54) is 23.1 Å². The molecule has 1 aliphatic rings. The molecule has 0 radical (unpaired) electrons. The number of amides is 1. The van der Waals surface area contributed by atoms with Gasteiger partial charge in [0, 0.05) is 6.54 Å². The highest BCUT2D eigenvalue weighted by Gasteiger charge is 2.28. The SMILES string of the molecule is O=C(O)[C@@H]1CN(C(=O)Cc2cccc(F)c2)CCO1. The van der Waals surface area contributed by atoms with Gasteiger partial charge in [-0.25, -0.2) is 9.18 Å². The second-order valence-electron chi connectivity index (χ2n) is 4.34. The molecular weight excluding hydrogens is 253 g/mol. The van der Waals surface area contributed by atoms with Crippen LogP contribution in [0.5, 0.6) is 0 Å². The lowest BCUT2D eigenvalue weighted by atomic mass is 10.1. The highest BCUT2D eigenvalue weighted by molar-refractivity contribution is 5.80. The van der Waals surface area contributed by atoms with E-state index in [0.29, 0.717) is 12.1 Å². The first-order chi connectivity index (χ1) is 9.06. The molecular formula is C13H14FNO4. The Morgan fingerprint density at radius 3 is 2.95 bits per heavy atom. The summed E-state index contributed by atoms with van der Waals surface area (Å²) in [4.78, 5) is 24.3. The van der Waals surface area contributed by atoms with E-state index in [1.54, 1.807) is 6.07 Å². The number of hydrogen-bond acceptors (Lipinski definition) is 3. The average Bonchev–Trinajstić information content (AvgIpc) is 2.39. The number of nitrogens with zero attached hydrogens (tertiary/aromatic N) is 1. The van der Waals surface area contributed by atoms with Gasteiger partial charge < -0.3 is 14.7 Å². The first-order valence-electron chi connectivity index (χ1n) is 5.93. The highest BCUT2D eigenvalue weighted by atomic mass is 19.1. The fourth-order valence-electron chi connectivity index (χ4n) is 1.96. The van der Waals surface area contributed by atoms with Gasteiger partial charge in [0.1, 0.15) is 5.82 Å². The third-order valence-electron chi connectivity index (χ3n) is 2.94. The zero-order valence-corrected chi connectivity index (χ0v) is 10.2. The van der Waals surface area contributed by atoms with Gasteiger partial charge in [-0.2, -0.15) is 0 Å². The molecule has 2 rings (SSSR count). The number of benzene rings is 1. The van der Waals surface area contributed by atoms with E-state index >= 15 is 0 Å². The Bertz CT molecular complexity index is 491. The van der Waals surface area contributed by atoms with E-state index < -0.39 is 17.9 Å². The van der Waals surface area contributed by atoms with Gasteiger partial charge in [-0.15, -0.1) is 0 Å². The van der Waals surface area contributed by atoms with Crippen molar-refractivity contribution in [1.82, 2.24) is 4.90 Å². The van der Waals surface area contributed by atoms with Crippen molar-refractivity contribution in [3.05, 3.63) is 35.6 Å². The molecule has 1 aliphatic heterocycles. The average molecular weight is 267 g/mol. The van der Waals surface area contributed by atoms with Crippen LogP contribution in [0.25, 0.3) is 0 Å². The zero-order valence-electron chi connectivity index (χ0n) is 10.2. The number of morpholine rings is 1. The number of halogens is 1. The molecule has 1 atom stereocenters. The molecule has 1 aromatic rings. The maximum absolute atomic E-state index is 13.0.